The van der Waals surface area contributed by atoms with Crippen LogP contribution in [0.3, 0.4) is 0 Å². The van der Waals surface area contributed by atoms with Crippen molar-refractivity contribution >= 4 is 48.1 Å². The summed E-state index contributed by atoms with van der Waals surface area (Å²) in [4.78, 5) is 14.8. The van der Waals surface area contributed by atoms with E-state index >= 15 is 0 Å². The molecule has 1 N–H and O–H groups in total. The van der Waals surface area contributed by atoms with E-state index < -0.39 is 0 Å². The summed E-state index contributed by atoms with van der Waals surface area (Å²) >= 11 is 1.88. The summed E-state index contributed by atoms with van der Waals surface area (Å²) in [7, 11) is 0. The van der Waals surface area contributed by atoms with E-state index in [2.05, 4.69) is 81.4 Å². The van der Waals surface area contributed by atoms with Gasteiger partial charge in [-0.15, -0.1) is 40.5 Å². The topological polar surface area (TPSA) is 50.2 Å². The number of rotatable bonds is 4. The van der Waals surface area contributed by atoms with Crippen molar-refractivity contribution in [3.63, 3.8) is 0 Å². The van der Waals surface area contributed by atoms with Gasteiger partial charge in [0, 0.05) is 52.9 Å². The van der Waals surface area contributed by atoms with E-state index in [1.54, 1.807) is 0 Å². The zero-order chi connectivity index (χ0) is 25.1. The number of hydrogen-bond donors (Lipinski definition) is 1. The van der Waals surface area contributed by atoms with Crippen LogP contribution in [0.4, 0.5) is 0 Å². The molecule has 5 aromatic rings. The monoisotopic (exact) mass is 673 g/mol. The number of aliphatic hydroxyl groups is 1. The van der Waals surface area contributed by atoms with Gasteiger partial charge in [-0.2, -0.15) is 0 Å². The van der Waals surface area contributed by atoms with Gasteiger partial charge in [0.1, 0.15) is 0 Å². The maximum Gasteiger partial charge on any atom is 0.155 e. The van der Waals surface area contributed by atoms with Crippen LogP contribution in [0.2, 0.25) is 0 Å². The third-order valence-corrected chi connectivity index (χ3v) is 7.08. The summed E-state index contributed by atoms with van der Waals surface area (Å²) < 4.78 is 2.66. The minimum absolute atomic E-state index is 0. The predicted molar refractivity (Wildman–Crippen MR) is 149 cm³/mol. The molecule has 187 valence electrons. The molecule has 5 heteroatoms. The number of carbonyl (C=O) groups excluding carboxylic acids is 1. The third kappa shape index (κ3) is 6.10. The molecule has 3 aromatic carbocycles. The van der Waals surface area contributed by atoms with Crippen molar-refractivity contribution in [3.8, 4) is 11.3 Å². The Kier molecular flexibility index (Phi) is 9.18. The summed E-state index contributed by atoms with van der Waals surface area (Å²) in [5.41, 5.74) is 4.84. The van der Waals surface area contributed by atoms with Crippen LogP contribution in [0, 0.1) is 18.9 Å². The number of nitrogens with zero attached hydrogens (tertiary/aromatic N) is 1. The molecule has 2 aromatic heterocycles. The Labute approximate surface area is 230 Å². The second-order valence-corrected chi connectivity index (χ2v) is 10.4. The van der Waals surface area contributed by atoms with Crippen LogP contribution in [0.15, 0.2) is 72.6 Å². The minimum Gasteiger partial charge on any atom is -0.512 e. The molecule has 0 unspecified atom stereocenters. The minimum atomic E-state index is -0.125. The number of aromatic nitrogens is 1. The van der Waals surface area contributed by atoms with Crippen molar-refractivity contribution in [2.45, 2.75) is 41.0 Å². The summed E-state index contributed by atoms with van der Waals surface area (Å²) in [5, 5.41) is 13.4. The first kappa shape index (κ1) is 27.7. The first-order valence-electron chi connectivity index (χ1n) is 11.8. The molecule has 0 spiro atoms. The Morgan fingerprint density at radius 1 is 1.03 bits per heavy atom. The smallest absolute Gasteiger partial charge is 0.155 e. The van der Waals surface area contributed by atoms with Crippen molar-refractivity contribution < 1.29 is 30.0 Å². The van der Waals surface area contributed by atoms with Gasteiger partial charge in [0.05, 0.1) is 5.76 Å². The number of pyridine rings is 1. The molecule has 0 fully saturated rings. The third-order valence-electron chi connectivity index (χ3n) is 5.77. The average Bonchev–Trinajstić information content (AvgIpc) is 3.18. The van der Waals surface area contributed by atoms with Gasteiger partial charge in [-0.05, 0) is 43.2 Å². The second kappa shape index (κ2) is 11.9. The Balaban J connectivity index is 0.000000400. The maximum atomic E-state index is 10.0. The first-order chi connectivity index (χ1) is 16.7. The molecule has 1 radical (unpaired) electrons. The molecule has 2 heterocycles. The van der Waals surface area contributed by atoms with Gasteiger partial charge < -0.3 is 5.11 Å². The van der Waals surface area contributed by atoms with E-state index in [0.717, 1.165) is 23.1 Å². The number of benzene rings is 3. The van der Waals surface area contributed by atoms with Gasteiger partial charge in [-0.1, -0.05) is 68.1 Å². The van der Waals surface area contributed by atoms with Crippen LogP contribution >= 0.6 is 11.3 Å². The molecule has 0 saturated heterocycles. The van der Waals surface area contributed by atoms with Crippen molar-refractivity contribution in [2.75, 3.05) is 0 Å². The fourth-order valence-corrected chi connectivity index (χ4v) is 5.73. The molecule has 36 heavy (non-hydrogen) atoms. The first-order valence-corrected chi connectivity index (χ1v) is 12.6. The molecular weight excluding hydrogens is 643 g/mol. The number of aryl methyl sites for hydroxylation is 1. The Morgan fingerprint density at radius 3 is 2.39 bits per heavy atom. The van der Waals surface area contributed by atoms with Gasteiger partial charge in [0.15, 0.2) is 5.78 Å². The number of allylic oxidation sites excluding steroid dienone is 2. The summed E-state index contributed by atoms with van der Waals surface area (Å²) in [6.45, 7) is 9.59. The number of hydrogen-bond acceptors (Lipinski definition) is 4. The van der Waals surface area contributed by atoms with Gasteiger partial charge in [-0.25, -0.2) is 0 Å². The zero-order valence-corrected chi connectivity index (χ0v) is 24.4. The van der Waals surface area contributed by atoms with Gasteiger partial charge in [-0.3, -0.25) is 9.78 Å². The van der Waals surface area contributed by atoms with Crippen LogP contribution in [-0.2, 0) is 31.3 Å². The molecule has 0 aliphatic heterocycles. The van der Waals surface area contributed by atoms with Crippen LogP contribution < -0.4 is 0 Å². The Morgan fingerprint density at radius 2 is 1.72 bits per heavy atom. The summed E-state index contributed by atoms with van der Waals surface area (Å²) in [5.74, 6) is 0.581. The fraction of sp³-hybridized carbons (Fsp3) is 0.226. The molecule has 5 rings (SSSR count). The molecule has 0 saturated carbocycles. The standard InChI is InChI=1S/C26H22NS.C5H8O2.Ir/c1-16(2)13-19-8-6-10-22-23-11-12-27-24(26(23)28-25(19)22)20-14-17(3)21-9-5-4-7-18(21)15-20;1-4(6)3-5(2)7;/h4-12,14,16H,13H2,1-3H3;3,6H,1-2H3;/q-1;;/b;4-3-;. The number of ketones is 1. The number of aliphatic hydroxyl groups excluding tert-OH is 1. The SMILES string of the molecule is CC(=O)/C=C(/C)O.Cc1cc(-c2nccc3c2sc2c(CC(C)C)cccc23)[c-]c2ccccc12.[Ir]. The average molecular weight is 673 g/mol. The van der Waals surface area contributed by atoms with Gasteiger partial charge >= 0.3 is 0 Å². The van der Waals surface area contributed by atoms with Crippen LogP contribution in [0.5, 0.6) is 0 Å². The zero-order valence-electron chi connectivity index (χ0n) is 21.2. The van der Waals surface area contributed by atoms with Crippen LogP contribution in [-0.4, -0.2) is 15.9 Å². The number of fused-ring (bicyclic) bond motifs is 4. The fourth-order valence-electron chi connectivity index (χ4n) is 4.41. The normalized spacial score (nSPS) is 11.4. The maximum absolute atomic E-state index is 10.0. The summed E-state index contributed by atoms with van der Waals surface area (Å²) in [6, 6.07) is 23.2. The van der Waals surface area contributed by atoms with E-state index in [1.165, 1.54) is 56.6 Å². The Hall–Kier alpha value is -2.85. The van der Waals surface area contributed by atoms with Crippen LogP contribution in [0.25, 0.3) is 42.2 Å². The molecule has 0 atom stereocenters. The van der Waals surface area contributed by atoms with Crippen molar-refractivity contribution in [1.29, 1.82) is 0 Å². The molecular formula is C31H30IrNO2S-. The molecule has 0 bridgehead atoms. The molecule has 0 aliphatic rings. The van der Waals surface area contributed by atoms with E-state index in [1.807, 2.05) is 17.5 Å². The second-order valence-electron chi connectivity index (χ2n) is 9.34. The van der Waals surface area contributed by atoms with Crippen molar-refractivity contribution in [2.24, 2.45) is 5.92 Å². The molecule has 0 amide bonds. The van der Waals surface area contributed by atoms with E-state index in [4.69, 9.17) is 10.1 Å². The number of thiophene rings is 1. The van der Waals surface area contributed by atoms with E-state index in [0.29, 0.717) is 5.92 Å². The largest absolute Gasteiger partial charge is 0.512 e. The molecule has 0 aliphatic carbocycles. The van der Waals surface area contributed by atoms with E-state index in [9.17, 15) is 4.79 Å². The van der Waals surface area contributed by atoms with Crippen molar-refractivity contribution in [3.05, 3.63) is 89.8 Å². The van der Waals surface area contributed by atoms with Crippen LogP contribution in [0.1, 0.15) is 38.8 Å². The van der Waals surface area contributed by atoms with Gasteiger partial charge in [0.2, 0.25) is 0 Å². The number of carbonyl (C=O) groups is 1. The van der Waals surface area contributed by atoms with Crippen molar-refractivity contribution in [1.82, 2.24) is 4.98 Å². The Bertz CT molecular complexity index is 1560. The molecule has 3 nitrogen and oxygen atoms in total. The predicted octanol–water partition coefficient (Wildman–Crippen LogP) is 8.61. The quantitative estimate of drug-likeness (QED) is 0.118. The van der Waals surface area contributed by atoms with E-state index in [-0.39, 0.29) is 31.6 Å². The summed E-state index contributed by atoms with van der Waals surface area (Å²) in [6.07, 6.45) is 4.21. The van der Waals surface area contributed by atoms with Gasteiger partial charge in [0.25, 0.3) is 0 Å².